The Morgan fingerprint density at radius 1 is 1.17 bits per heavy atom. The predicted molar refractivity (Wildman–Crippen MR) is 114 cm³/mol. The highest BCUT2D eigenvalue weighted by atomic mass is 19.1. The molecule has 0 aliphatic carbocycles. The number of likely N-dealkylation sites (tertiary alicyclic amines) is 1. The molecular weight excluding hydrogens is 383 g/mol. The fourth-order valence-electron chi connectivity index (χ4n) is 3.76. The second-order valence-electron chi connectivity index (χ2n) is 7.82. The number of hydrogen-bond acceptors (Lipinski definition) is 3. The molecule has 2 aromatic carbocycles. The van der Waals surface area contributed by atoms with Crippen molar-refractivity contribution in [3.8, 4) is 5.75 Å². The van der Waals surface area contributed by atoms with Crippen molar-refractivity contribution in [2.45, 2.75) is 26.2 Å². The zero-order chi connectivity index (χ0) is 21.5. The van der Waals surface area contributed by atoms with Gasteiger partial charge in [-0.15, -0.1) is 0 Å². The lowest BCUT2D eigenvalue weighted by molar-refractivity contribution is -0.135. The Morgan fingerprint density at radius 3 is 2.63 bits per heavy atom. The van der Waals surface area contributed by atoms with E-state index in [9.17, 15) is 14.0 Å². The van der Waals surface area contributed by atoms with Crippen LogP contribution in [0.1, 0.15) is 35.2 Å². The van der Waals surface area contributed by atoms with Crippen molar-refractivity contribution >= 4 is 11.8 Å². The third-order valence-corrected chi connectivity index (χ3v) is 5.51. The van der Waals surface area contributed by atoms with Crippen LogP contribution >= 0.6 is 0 Å². The normalized spacial score (nSPS) is 16.2. The Balaban J connectivity index is 1.47. The van der Waals surface area contributed by atoms with Crippen molar-refractivity contribution in [1.82, 2.24) is 9.80 Å². The molecule has 0 spiro atoms. The summed E-state index contributed by atoms with van der Waals surface area (Å²) in [5, 5.41) is 0. The molecule has 1 fully saturated rings. The zero-order valence-electron chi connectivity index (χ0n) is 17.6. The van der Waals surface area contributed by atoms with E-state index >= 15 is 0 Å². The van der Waals surface area contributed by atoms with Crippen molar-refractivity contribution in [3.63, 3.8) is 0 Å². The number of carbonyl (C=O) groups excluding carboxylic acids is 2. The monoisotopic (exact) mass is 412 g/mol. The summed E-state index contributed by atoms with van der Waals surface area (Å²) in [4.78, 5) is 29.0. The van der Waals surface area contributed by atoms with Crippen LogP contribution in [0.3, 0.4) is 0 Å². The molecule has 0 bridgehead atoms. The molecule has 5 nitrogen and oxygen atoms in total. The smallest absolute Gasteiger partial charge is 0.253 e. The Kier molecular flexibility index (Phi) is 7.44. The van der Waals surface area contributed by atoms with Crippen LogP contribution in [0.25, 0.3) is 0 Å². The minimum atomic E-state index is -0.369. The molecule has 160 valence electrons. The molecule has 3 rings (SSSR count). The summed E-state index contributed by atoms with van der Waals surface area (Å²) in [5.41, 5.74) is 1.54. The number of ether oxygens (including phenoxy) is 1. The molecular formula is C24H29FN2O3. The van der Waals surface area contributed by atoms with E-state index in [0.29, 0.717) is 31.8 Å². The van der Waals surface area contributed by atoms with E-state index in [0.717, 1.165) is 30.6 Å². The molecule has 0 aromatic heterocycles. The van der Waals surface area contributed by atoms with Gasteiger partial charge in [-0.3, -0.25) is 9.59 Å². The van der Waals surface area contributed by atoms with Gasteiger partial charge in [-0.25, -0.2) is 4.39 Å². The summed E-state index contributed by atoms with van der Waals surface area (Å²) in [6, 6.07) is 13.4. The van der Waals surface area contributed by atoms with Gasteiger partial charge in [-0.1, -0.05) is 18.2 Å². The van der Waals surface area contributed by atoms with Gasteiger partial charge in [0.2, 0.25) is 5.91 Å². The molecule has 0 N–H and O–H groups in total. The van der Waals surface area contributed by atoms with Gasteiger partial charge in [0, 0.05) is 32.2 Å². The molecule has 2 aromatic rings. The number of para-hydroxylation sites is 1. The Bertz CT molecular complexity index is 869. The van der Waals surface area contributed by atoms with Gasteiger partial charge >= 0.3 is 0 Å². The number of piperidine rings is 1. The van der Waals surface area contributed by atoms with E-state index in [1.807, 2.05) is 31.2 Å². The van der Waals surface area contributed by atoms with Crippen LogP contribution in [0.4, 0.5) is 4.39 Å². The summed E-state index contributed by atoms with van der Waals surface area (Å²) < 4.78 is 18.9. The fourth-order valence-corrected chi connectivity index (χ4v) is 3.76. The molecule has 0 saturated carbocycles. The third-order valence-electron chi connectivity index (χ3n) is 5.51. The first kappa shape index (κ1) is 21.8. The van der Waals surface area contributed by atoms with E-state index in [1.54, 1.807) is 16.8 Å². The third kappa shape index (κ3) is 5.59. The Labute approximate surface area is 177 Å². The molecule has 2 amide bonds. The maximum Gasteiger partial charge on any atom is 0.253 e. The number of rotatable bonds is 7. The van der Waals surface area contributed by atoms with Gasteiger partial charge in [0.15, 0.2) is 0 Å². The summed E-state index contributed by atoms with van der Waals surface area (Å²) in [6.07, 6.45) is 2.30. The summed E-state index contributed by atoms with van der Waals surface area (Å²) in [7, 11) is 1.80. The van der Waals surface area contributed by atoms with Gasteiger partial charge in [0.1, 0.15) is 11.6 Å². The van der Waals surface area contributed by atoms with Crippen molar-refractivity contribution in [2.24, 2.45) is 5.92 Å². The number of aryl methyl sites for hydroxylation is 1. The molecule has 6 heteroatoms. The second kappa shape index (κ2) is 10.2. The highest BCUT2D eigenvalue weighted by Gasteiger charge is 2.30. The van der Waals surface area contributed by atoms with Crippen LogP contribution in [0, 0.1) is 18.7 Å². The van der Waals surface area contributed by atoms with E-state index in [2.05, 4.69) is 0 Å². The Hall–Kier alpha value is -2.89. The van der Waals surface area contributed by atoms with Gasteiger partial charge in [-0.05, 0) is 62.1 Å². The van der Waals surface area contributed by atoms with Crippen LogP contribution in [-0.4, -0.2) is 54.9 Å². The fraction of sp³-hybridized carbons (Fsp3) is 0.417. The maximum atomic E-state index is 13.1. The number of carbonyl (C=O) groups is 2. The lowest BCUT2D eigenvalue weighted by Gasteiger charge is -2.34. The van der Waals surface area contributed by atoms with Crippen LogP contribution in [0.5, 0.6) is 5.75 Å². The van der Waals surface area contributed by atoms with Gasteiger partial charge < -0.3 is 14.5 Å². The van der Waals surface area contributed by atoms with E-state index < -0.39 is 0 Å². The SMILES string of the molecule is Cc1ccccc1OCCCN(C)C(=O)C1CCCN(C(=O)c2ccc(F)cc2)C1. The van der Waals surface area contributed by atoms with Gasteiger partial charge in [0.05, 0.1) is 12.5 Å². The first-order valence-electron chi connectivity index (χ1n) is 10.4. The van der Waals surface area contributed by atoms with Crippen LogP contribution in [0.15, 0.2) is 48.5 Å². The molecule has 0 radical (unpaired) electrons. The standard InChI is InChI=1S/C24H29FN2O3/c1-18-7-3-4-9-22(18)30-16-6-14-26(2)23(28)20-8-5-15-27(17-20)24(29)19-10-12-21(25)13-11-19/h3-4,7,9-13,20H,5-6,8,14-17H2,1-2H3. The highest BCUT2D eigenvalue weighted by molar-refractivity contribution is 5.94. The van der Waals surface area contributed by atoms with E-state index in [4.69, 9.17) is 4.74 Å². The molecule has 1 heterocycles. The largest absolute Gasteiger partial charge is 0.493 e. The molecule has 1 unspecified atom stereocenters. The number of amides is 2. The topological polar surface area (TPSA) is 49.9 Å². The molecule has 1 aliphatic heterocycles. The van der Waals surface area contributed by atoms with Gasteiger partial charge in [-0.2, -0.15) is 0 Å². The second-order valence-corrected chi connectivity index (χ2v) is 7.82. The van der Waals surface area contributed by atoms with Crippen LogP contribution < -0.4 is 4.74 Å². The molecule has 1 atom stereocenters. The number of halogens is 1. The van der Waals surface area contributed by atoms with E-state index in [1.165, 1.54) is 24.3 Å². The molecule has 30 heavy (non-hydrogen) atoms. The summed E-state index contributed by atoms with van der Waals surface area (Å²) >= 11 is 0. The summed E-state index contributed by atoms with van der Waals surface area (Å²) in [6.45, 7) is 4.18. The maximum absolute atomic E-state index is 13.1. The average Bonchev–Trinajstić information content (AvgIpc) is 2.77. The summed E-state index contributed by atoms with van der Waals surface area (Å²) in [5.74, 6) is 0.203. The first-order valence-corrected chi connectivity index (χ1v) is 10.4. The zero-order valence-corrected chi connectivity index (χ0v) is 17.6. The van der Waals surface area contributed by atoms with Gasteiger partial charge in [0.25, 0.3) is 5.91 Å². The average molecular weight is 413 g/mol. The minimum Gasteiger partial charge on any atom is -0.493 e. The number of benzene rings is 2. The highest BCUT2D eigenvalue weighted by Crippen LogP contribution is 2.21. The Morgan fingerprint density at radius 2 is 1.90 bits per heavy atom. The quantitative estimate of drug-likeness (QED) is 0.648. The molecule has 1 aliphatic rings. The number of nitrogens with zero attached hydrogens (tertiary/aromatic N) is 2. The first-order chi connectivity index (χ1) is 14.5. The number of hydrogen-bond donors (Lipinski definition) is 0. The lowest BCUT2D eigenvalue weighted by atomic mass is 9.96. The van der Waals surface area contributed by atoms with Crippen molar-refractivity contribution in [1.29, 1.82) is 0 Å². The molecule has 1 saturated heterocycles. The van der Waals surface area contributed by atoms with Crippen molar-refractivity contribution in [2.75, 3.05) is 33.3 Å². The van der Waals surface area contributed by atoms with Crippen LogP contribution in [-0.2, 0) is 4.79 Å². The lowest BCUT2D eigenvalue weighted by Crippen LogP contribution is -2.46. The van der Waals surface area contributed by atoms with Crippen molar-refractivity contribution < 1.29 is 18.7 Å². The van der Waals surface area contributed by atoms with Crippen LogP contribution in [0.2, 0.25) is 0 Å². The minimum absolute atomic E-state index is 0.0579. The van der Waals surface area contributed by atoms with Crippen molar-refractivity contribution in [3.05, 3.63) is 65.5 Å². The predicted octanol–water partition coefficient (Wildman–Crippen LogP) is 3.91. The van der Waals surface area contributed by atoms with E-state index in [-0.39, 0.29) is 23.5 Å².